The monoisotopic (exact) mass is 520 g/mol. The summed E-state index contributed by atoms with van der Waals surface area (Å²) in [5.41, 5.74) is 5.00. The molecule has 0 saturated carbocycles. The third-order valence-corrected chi connectivity index (χ3v) is 5.14. The molecule has 0 saturated heterocycles. The van der Waals surface area contributed by atoms with E-state index in [9.17, 15) is 27.6 Å². The maximum atomic E-state index is 13.6. The zero-order chi connectivity index (χ0) is 27.5. The van der Waals surface area contributed by atoms with Crippen molar-refractivity contribution in [1.82, 2.24) is 15.5 Å². The van der Waals surface area contributed by atoms with E-state index in [0.717, 1.165) is 12.1 Å². The van der Waals surface area contributed by atoms with Crippen LogP contribution in [0.25, 0.3) is 0 Å². The number of carbonyl (C=O) groups excluding carboxylic acids is 2. The Kier molecular flexibility index (Phi) is 12.6. The van der Waals surface area contributed by atoms with Crippen molar-refractivity contribution in [2.24, 2.45) is 5.73 Å². The normalized spacial score (nSPS) is 13.4. The average Bonchev–Trinajstić information content (AvgIpc) is 2.79. The Labute approximate surface area is 208 Å². The molecule has 1 rings (SSSR count). The first-order chi connectivity index (χ1) is 16.8. The summed E-state index contributed by atoms with van der Waals surface area (Å²) in [5.74, 6) is -1.39. The lowest BCUT2D eigenvalue weighted by molar-refractivity contribution is -0.163. The summed E-state index contributed by atoms with van der Waals surface area (Å²) in [6.07, 6.45) is -6.89. The third-order valence-electron chi connectivity index (χ3n) is 5.14. The molecule has 2 atom stereocenters. The van der Waals surface area contributed by atoms with Crippen LogP contribution >= 0.6 is 0 Å². The lowest BCUT2D eigenvalue weighted by atomic mass is 10.0. The number of carboxylic acid groups (broad SMARTS) is 1. The highest BCUT2D eigenvalue weighted by molar-refractivity contribution is 5.91. The van der Waals surface area contributed by atoms with E-state index in [1.165, 1.54) is 17.0 Å². The SMILES string of the molecule is CCOC(CN(C(=O)C(Cc1ccc(C(F)(F)F)cc1)NC(=O)C(CN)NC(=O)O)C(C)C)OCC. The van der Waals surface area contributed by atoms with Gasteiger partial charge in [-0.15, -0.1) is 0 Å². The molecule has 5 N–H and O–H groups in total. The van der Waals surface area contributed by atoms with Crippen LogP contribution < -0.4 is 16.4 Å². The van der Waals surface area contributed by atoms with Crippen LogP contribution in [0.1, 0.15) is 38.8 Å². The van der Waals surface area contributed by atoms with Crippen LogP contribution in [0.5, 0.6) is 0 Å². The van der Waals surface area contributed by atoms with Crippen LogP contribution in [0.4, 0.5) is 18.0 Å². The van der Waals surface area contributed by atoms with Gasteiger partial charge in [0, 0.05) is 32.2 Å². The molecule has 0 fully saturated rings. The first-order valence-electron chi connectivity index (χ1n) is 11.5. The highest BCUT2D eigenvalue weighted by atomic mass is 19.4. The smallest absolute Gasteiger partial charge is 0.416 e. The van der Waals surface area contributed by atoms with E-state index in [4.69, 9.17) is 20.3 Å². The van der Waals surface area contributed by atoms with E-state index in [1.807, 2.05) is 5.32 Å². The minimum Gasteiger partial charge on any atom is -0.465 e. The van der Waals surface area contributed by atoms with E-state index < -0.39 is 48.0 Å². The molecule has 3 amide bonds. The van der Waals surface area contributed by atoms with Gasteiger partial charge in [0.15, 0.2) is 6.29 Å². The van der Waals surface area contributed by atoms with Gasteiger partial charge in [0.2, 0.25) is 11.8 Å². The molecule has 2 unspecified atom stereocenters. The summed E-state index contributed by atoms with van der Waals surface area (Å²) in [6, 6.07) is 1.28. The minimum atomic E-state index is -4.53. The number of nitrogens with one attached hydrogen (secondary N) is 2. The summed E-state index contributed by atoms with van der Waals surface area (Å²) >= 11 is 0. The molecule has 0 radical (unpaired) electrons. The number of carbonyl (C=O) groups is 3. The molecule has 13 heteroatoms. The Hall–Kier alpha value is -2.90. The second-order valence-electron chi connectivity index (χ2n) is 8.12. The fraction of sp³-hybridized carbons (Fsp3) is 0.609. The molecule has 0 aliphatic carbocycles. The van der Waals surface area contributed by atoms with E-state index in [-0.39, 0.29) is 25.6 Å². The molecular formula is C23H35F3N4O6. The molecule has 1 aromatic carbocycles. The van der Waals surface area contributed by atoms with Gasteiger partial charge in [-0.1, -0.05) is 12.1 Å². The van der Waals surface area contributed by atoms with Gasteiger partial charge in [-0.25, -0.2) is 4.79 Å². The van der Waals surface area contributed by atoms with Gasteiger partial charge in [-0.05, 0) is 45.4 Å². The molecule has 0 bridgehead atoms. The summed E-state index contributed by atoms with van der Waals surface area (Å²) < 4.78 is 49.9. The van der Waals surface area contributed by atoms with Gasteiger partial charge in [0.1, 0.15) is 12.1 Å². The molecular weight excluding hydrogens is 485 g/mol. The lowest BCUT2D eigenvalue weighted by Gasteiger charge is -2.34. The zero-order valence-corrected chi connectivity index (χ0v) is 20.8. The van der Waals surface area contributed by atoms with E-state index in [0.29, 0.717) is 18.8 Å². The number of hydrogen-bond donors (Lipinski definition) is 4. The second-order valence-corrected chi connectivity index (χ2v) is 8.12. The van der Waals surface area contributed by atoms with Crippen molar-refractivity contribution in [1.29, 1.82) is 0 Å². The number of hydrogen-bond acceptors (Lipinski definition) is 6. The number of halogens is 3. The number of benzene rings is 1. The number of ether oxygens (including phenoxy) is 2. The quantitative estimate of drug-likeness (QED) is 0.275. The molecule has 0 aliphatic heterocycles. The maximum absolute atomic E-state index is 13.6. The summed E-state index contributed by atoms with van der Waals surface area (Å²) in [6.45, 7) is 7.35. The highest BCUT2D eigenvalue weighted by Gasteiger charge is 2.33. The van der Waals surface area contributed by atoms with Crippen molar-refractivity contribution in [3.05, 3.63) is 35.4 Å². The molecule has 10 nitrogen and oxygen atoms in total. The predicted molar refractivity (Wildman–Crippen MR) is 125 cm³/mol. The predicted octanol–water partition coefficient (Wildman–Crippen LogP) is 1.96. The molecule has 0 heterocycles. The number of nitrogens with zero attached hydrogens (tertiary/aromatic N) is 1. The number of nitrogens with two attached hydrogens (primary N) is 1. The first-order valence-corrected chi connectivity index (χ1v) is 11.5. The Morgan fingerprint density at radius 2 is 1.58 bits per heavy atom. The topological polar surface area (TPSA) is 143 Å². The molecule has 0 aliphatic rings. The summed E-state index contributed by atoms with van der Waals surface area (Å²) in [7, 11) is 0. The number of alkyl halides is 3. The van der Waals surface area contributed by atoms with Crippen LogP contribution in [-0.4, -0.2) is 78.6 Å². The second kappa shape index (κ2) is 14.6. The van der Waals surface area contributed by atoms with E-state index >= 15 is 0 Å². The average molecular weight is 521 g/mol. The number of rotatable bonds is 14. The van der Waals surface area contributed by atoms with Gasteiger partial charge >= 0.3 is 12.3 Å². The van der Waals surface area contributed by atoms with Gasteiger partial charge in [0.25, 0.3) is 0 Å². The van der Waals surface area contributed by atoms with Crippen LogP contribution in [-0.2, 0) is 31.7 Å². The molecule has 204 valence electrons. The largest absolute Gasteiger partial charge is 0.465 e. The van der Waals surface area contributed by atoms with E-state index in [2.05, 4.69) is 5.32 Å². The Balaban J connectivity index is 3.27. The van der Waals surface area contributed by atoms with Gasteiger partial charge in [0.05, 0.1) is 12.1 Å². The van der Waals surface area contributed by atoms with Gasteiger partial charge in [-0.3, -0.25) is 9.59 Å². The minimum absolute atomic E-state index is 0.0330. The van der Waals surface area contributed by atoms with Crippen molar-refractivity contribution in [2.45, 2.75) is 64.7 Å². The van der Waals surface area contributed by atoms with Crippen LogP contribution in [0, 0.1) is 0 Å². The van der Waals surface area contributed by atoms with Crippen LogP contribution in [0.15, 0.2) is 24.3 Å². The Morgan fingerprint density at radius 1 is 1.03 bits per heavy atom. The number of amides is 3. The molecule has 36 heavy (non-hydrogen) atoms. The van der Waals surface area contributed by atoms with Crippen LogP contribution in [0.3, 0.4) is 0 Å². The fourth-order valence-corrected chi connectivity index (χ4v) is 3.36. The molecule has 0 spiro atoms. The standard InChI is InChI=1S/C23H35F3N4O6/c1-5-35-19(36-6-2)13-30(14(3)4)21(32)17(28-20(31)18(12-27)29-22(33)34)11-15-7-9-16(10-8-15)23(24,25)26/h7-10,14,17-19,29H,5-6,11-13,27H2,1-4H3,(H,28,31)(H,33,34). The van der Waals surface area contributed by atoms with Gasteiger partial charge in [-0.2, -0.15) is 13.2 Å². The van der Waals surface area contributed by atoms with E-state index in [1.54, 1.807) is 27.7 Å². The van der Waals surface area contributed by atoms with Crippen LogP contribution in [0.2, 0.25) is 0 Å². The van der Waals surface area contributed by atoms with Crippen molar-refractivity contribution in [3.8, 4) is 0 Å². The molecule has 1 aromatic rings. The van der Waals surface area contributed by atoms with Gasteiger partial charge < -0.3 is 35.8 Å². The molecule has 0 aromatic heterocycles. The third kappa shape index (κ3) is 9.99. The summed E-state index contributed by atoms with van der Waals surface area (Å²) in [5, 5.41) is 13.4. The van der Waals surface area contributed by atoms with Crippen molar-refractivity contribution < 1.29 is 42.1 Å². The van der Waals surface area contributed by atoms with Crippen molar-refractivity contribution in [2.75, 3.05) is 26.3 Å². The zero-order valence-electron chi connectivity index (χ0n) is 20.8. The van der Waals surface area contributed by atoms with Crippen molar-refractivity contribution in [3.63, 3.8) is 0 Å². The lowest BCUT2D eigenvalue weighted by Crippen LogP contribution is -2.58. The highest BCUT2D eigenvalue weighted by Crippen LogP contribution is 2.29. The Bertz CT molecular complexity index is 845. The summed E-state index contributed by atoms with van der Waals surface area (Å²) in [4.78, 5) is 38.7. The fourth-order valence-electron chi connectivity index (χ4n) is 3.36. The van der Waals surface area contributed by atoms with Crippen molar-refractivity contribution >= 4 is 17.9 Å². The Morgan fingerprint density at radius 3 is 2.00 bits per heavy atom. The first kappa shape index (κ1) is 31.1. The maximum Gasteiger partial charge on any atom is 0.416 e.